The number of halogens is 1. The van der Waals surface area contributed by atoms with Gasteiger partial charge in [-0.1, -0.05) is 17.7 Å². The van der Waals surface area contributed by atoms with Gasteiger partial charge < -0.3 is 0 Å². The number of aryl methyl sites for hydroxylation is 1. The van der Waals surface area contributed by atoms with Crippen LogP contribution in [0.3, 0.4) is 0 Å². The smallest absolute Gasteiger partial charge is 0.126 e. The van der Waals surface area contributed by atoms with Crippen molar-refractivity contribution in [3.63, 3.8) is 0 Å². The number of rotatable bonds is 5. The van der Waals surface area contributed by atoms with Crippen molar-refractivity contribution in [1.82, 2.24) is 5.43 Å². The van der Waals surface area contributed by atoms with Gasteiger partial charge in [0.15, 0.2) is 0 Å². The molecule has 16 heavy (non-hydrogen) atoms. The molecule has 0 bridgehead atoms. The van der Waals surface area contributed by atoms with E-state index in [4.69, 9.17) is 5.84 Å². The molecule has 0 saturated carbocycles. The second kappa shape index (κ2) is 5.77. The minimum atomic E-state index is -0.181. The molecule has 88 valence electrons. The van der Waals surface area contributed by atoms with Crippen LogP contribution in [0.4, 0.5) is 4.39 Å². The van der Waals surface area contributed by atoms with E-state index in [9.17, 15) is 4.39 Å². The van der Waals surface area contributed by atoms with Crippen molar-refractivity contribution in [3.05, 3.63) is 47.3 Å². The van der Waals surface area contributed by atoms with Crippen molar-refractivity contribution in [2.45, 2.75) is 32.7 Å². The van der Waals surface area contributed by atoms with Gasteiger partial charge in [-0.05, 0) is 43.9 Å². The van der Waals surface area contributed by atoms with E-state index in [-0.39, 0.29) is 11.9 Å². The van der Waals surface area contributed by atoms with Gasteiger partial charge in [0.25, 0.3) is 0 Å². The third-order valence-corrected chi connectivity index (χ3v) is 2.65. The van der Waals surface area contributed by atoms with Crippen molar-refractivity contribution in [2.24, 2.45) is 5.84 Å². The Morgan fingerprint density at radius 2 is 2.25 bits per heavy atom. The Hall–Kier alpha value is -1.19. The summed E-state index contributed by atoms with van der Waals surface area (Å²) in [6, 6.07) is 5.13. The van der Waals surface area contributed by atoms with Crippen molar-refractivity contribution in [3.8, 4) is 0 Å². The summed E-state index contributed by atoms with van der Waals surface area (Å²) in [7, 11) is 0. The largest absolute Gasteiger partial charge is 0.271 e. The zero-order valence-electron chi connectivity index (χ0n) is 9.89. The van der Waals surface area contributed by atoms with Gasteiger partial charge in [-0.2, -0.15) is 0 Å². The second-order valence-corrected chi connectivity index (χ2v) is 4.22. The molecule has 0 aliphatic rings. The molecular weight excluding hydrogens is 203 g/mol. The lowest BCUT2D eigenvalue weighted by atomic mass is 9.99. The topological polar surface area (TPSA) is 38.0 Å². The Balaban J connectivity index is 2.78. The van der Waals surface area contributed by atoms with Crippen LogP contribution in [-0.2, 0) is 0 Å². The van der Waals surface area contributed by atoms with Crippen molar-refractivity contribution >= 4 is 0 Å². The van der Waals surface area contributed by atoms with Gasteiger partial charge in [0.05, 0.1) is 0 Å². The number of nitrogens with one attached hydrogen (secondary N) is 1. The first-order valence-corrected chi connectivity index (χ1v) is 5.41. The summed E-state index contributed by atoms with van der Waals surface area (Å²) in [5.74, 6) is 5.32. The minimum Gasteiger partial charge on any atom is -0.271 e. The van der Waals surface area contributed by atoms with Gasteiger partial charge in [-0.25, -0.2) is 4.39 Å². The SMILES string of the molecule is C=C(C)CCC(NN)c1ccc(F)c(C)c1. The van der Waals surface area contributed by atoms with Gasteiger partial charge in [-0.3, -0.25) is 11.3 Å². The lowest BCUT2D eigenvalue weighted by molar-refractivity contribution is 0.513. The van der Waals surface area contributed by atoms with Crippen LogP contribution < -0.4 is 11.3 Å². The van der Waals surface area contributed by atoms with Gasteiger partial charge in [-0.15, -0.1) is 6.58 Å². The Bertz CT molecular complexity index is 374. The maximum Gasteiger partial charge on any atom is 0.126 e. The third kappa shape index (κ3) is 3.43. The molecule has 0 aliphatic carbocycles. The van der Waals surface area contributed by atoms with Crippen LogP contribution in [0.15, 0.2) is 30.4 Å². The highest BCUT2D eigenvalue weighted by Gasteiger charge is 2.10. The zero-order valence-corrected chi connectivity index (χ0v) is 9.89. The molecule has 3 N–H and O–H groups in total. The summed E-state index contributed by atoms with van der Waals surface area (Å²) in [6.45, 7) is 7.60. The van der Waals surface area contributed by atoms with Crippen LogP contribution in [0.25, 0.3) is 0 Å². The number of hydrogen-bond acceptors (Lipinski definition) is 2. The molecular formula is C13H19FN2. The van der Waals surface area contributed by atoms with Crippen LogP contribution in [0.2, 0.25) is 0 Å². The maximum absolute atomic E-state index is 13.1. The first-order valence-electron chi connectivity index (χ1n) is 5.41. The summed E-state index contributed by atoms with van der Waals surface area (Å²) in [6.07, 6.45) is 1.78. The van der Waals surface area contributed by atoms with Crippen LogP contribution in [0, 0.1) is 12.7 Å². The first kappa shape index (κ1) is 12.9. The summed E-state index contributed by atoms with van der Waals surface area (Å²) in [4.78, 5) is 0. The highest BCUT2D eigenvalue weighted by atomic mass is 19.1. The number of nitrogens with two attached hydrogens (primary N) is 1. The van der Waals surface area contributed by atoms with Crippen LogP contribution in [0.1, 0.15) is 36.9 Å². The predicted molar refractivity (Wildman–Crippen MR) is 65.2 cm³/mol. The molecule has 3 heteroatoms. The van der Waals surface area contributed by atoms with Crippen molar-refractivity contribution in [2.75, 3.05) is 0 Å². The van der Waals surface area contributed by atoms with E-state index in [0.29, 0.717) is 5.56 Å². The Morgan fingerprint density at radius 3 is 2.75 bits per heavy atom. The molecule has 0 aliphatic heterocycles. The minimum absolute atomic E-state index is 0.0519. The van der Waals surface area contributed by atoms with Gasteiger partial charge in [0, 0.05) is 6.04 Å². The summed E-state index contributed by atoms with van der Waals surface area (Å²) in [5, 5.41) is 0. The molecule has 0 heterocycles. The number of allylic oxidation sites excluding steroid dienone is 1. The van der Waals surface area contributed by atoms with E-state index < -0.39 is 0 Å². The molecule has 0 radical (unpaired) electrons. The van der Waals surface area contributed by atoms with E-state index in [1.54, 1.807) is 13.0 Å². The summed E-state index contributed by atoms with van der Waals surface area (Å²) in [5.41, 5.74) is 5.54. The number of benzene rings is 1. The van der Waals surface area contributed by atoms with E-state index in [1.165, 1.54) is 6.07 Å². The monoisotopic (exact) mass is 222 g/mol. The molecule has 0 aromatic heterocycles. The molecule has 0 fully saturated rings. The van der Waals surface area contributed by atoms with Gasteiger partial charge in [0.1, 0.15) is 5.82 Å². The molecule has 0 spiro atoms. The molecule has 1 aromatic rings. The van der Waals surface area contributed by atoms with Crippen LogP contribution in [-0.4, -0.2) is 0 Å². The molecule has 0 amide bonds. The first-order chi connectivity index (χ1) is 7.54. The van der Waals surface area contributed by atoms with Crippen molar-refractivity contribution < 1.29 is 4.39 Å². The fourth-order valence-electron chi connectivity index (χ4n) is 1.62. The lowest BCUT2D eigenvalue weighted by Gasteiger charge is -2.17. The van der Waals surface area contributed by atoms with Gasteiger partial charge >= 0.3 is 0 Å². The molecule has 1 unspecified atom stereocenters. The van der Waals surface area contributed by atoms with Crippen LogP contribution in [0.5, 0.6) is 0 Å². The second-order valence-electron chi connectivity index (χ2n) is 4.22. The highest BCUT2D eigenvalue weighted by Crippen LogP contribution is 2.21. The fraction of sp³-hybridized carbons (Fsp3) is 0.385. The molecule has 1 aromatic carbocycles. The van der Waals surface area contributed by atoms with E-state index in [1.807, 2.05) is 13.0 Å². The van der Waals surface area contributed by atoms with Gasteiger partial charge in [0.2, 0.25) is 0 Å². The predicted octanol–water partition coefficient (Wildman–Crippen LogP) is 2.99. The average Bonchev–Trinajstić information content (AvgIpc) is 2.23. The highest BCUT2D eigenvalue weighted by molar-refractivity contribution is 5.26. The summed E-state index contributed by atoms with van der Waals surface area (Å²) < 4.78 is 13.1. The standard InChI is InChI=1S/C13H19FN2/c1-9(2)4-7-13(16-15)11-5-6-12(14)10(3)8-11/h5-6,8,13,16H,1,4,7,15H2,2-3H3. The quantitative estimate of drug-likeness (QED) is 0.456. The molecule has 2 nitrogen and oxygen atoms in total. The summed E-state index contributed by atoms with van der Waals surface area (Å²) >= 11 is 0. The van der Waals surface area contributed by atoms with E-state index in [2.05, 4.69) is 12.0 Å². The van der Waals surface area contributed by atoms with Crippen molar-refractivity contribution in [1.29, 1.82) is 0 Å². The lowest BCUT2D eigenvalue weighted by Crippen LogP contribution is -2.28. The number of hydrogen-bond donors (Lipinski definition) is 2. The zero-order chi connectivity index (χ0) is 12.1. The molecule has 1 atom stereocenters. The van der Waals surface area contributed by atoms with Crippen LogP contribution >= 0.6 is 0 Å². The number of hydrazine groups is 1. The van der Waals surface area contributed by atoms with E-state index in [0.717, 1.165) is 24.0 Å². The maximum atomic E-state index is 13.1. The average molecular weight is 222 g/mol. The Morgan fingerprint density at radius 1 is 1.56 bits per heavy atom. The molecule has 0 saturated heterocycles. The fourth-order valence-corrected chi connectivity index (χ4v) is 1.62. The Kier molecular flexibility index (Phi) is 4.65. The van der Waals surface area contributed by atoms with E-state index >= 15 is 0 Å². The Labute approximate surface area is 96.3 Å². The normalized spacial score (nSPS) is 12.5. The third-order valence-electron chi connectivity index (χ3n) is 2.65. The molecule has 1 rings (SSSR count).